The lowest BCUT2D eigenvalue weighted by Crippen LogP contribution is -2.08. The van der Waals surface area contributed by atoms with Crippen LogP contribution >= 0.6 is 0 Å². The fourth-order valence-electron chi connectivity index (χ4n) is 1.96. The molecule has 2 aromatic heterocycles. The third-order valence-corrected chi connectivity index (χ3v) is 3.02. The van der Waals surface area contributed by atoms with Gasteiger partial charge in [0, 0.05) is 25.0 Å². The lowest BCUT2D eigenvalue weighted by atomic mass is 10.1. The van der Waals surface area contributed by atoms with Crippen LogP contribution in [0.4, 0.5) is 10.2 Å². The first-order chi connectivity index (χ1) is 10.3. The first-order valence-electron chi connectivity index (χ1n) is 6.62. The van der Waals surface area contributed by atoms with Crippen molar-refractivity contribution in [1.29, 1.82) is 0 Å². The molecule has 1 N–H and O–H groups in total. The van der Waals surface area contributed by atoms with Crippen molar-refractivity contribution in [2.24, 2.45) is 0 Å². The van der Waals surface area contributed by atoms with Crippen molar-refractivity contribution in [2.75, 3.05) is 11.9 Å². The number of nitrogens with zero attached hydrogens (tertiary/aromatic N) is 4. The van der Waals surface area contributed by atoms with Gasteiger partial charge in [-0.3, -0.25) is 0 Å². The van der Waals surface area contributed by atoms with Crippen LogP contribution in [0.15, 0.2) is 55.1 Å². The molecule has 0 saturated heterocycles. The van der Waals surface area contributed by atoms with Crippen molar-refractivity contribution in [3.8, 4) is 5.82 Å². The van der Waals surface area contributed by atoms with Crippen LogP contribution in [-0.2, 0) is 6.42 Å². The number of hydrogen-bond acceptors (Lipinski definition) is 4. The van der Waals surface area contributed by atoms with Gasteiger partial charge in [0.1, 0.15) is 18.0 Å². The molecule has 0 radical (unpaired) electrons. The van der Waals surface area contributed by atoms with Gasteiger partial charge in [0.25, 0.3) is 0 Å². The summed E-state index contributed by atoms with van der Waals surface area (Å²) >= 11 is 0. The molecule has 1 aromatic carbocycles. The summed E-state index contributed by atoms with van der Waals surface area (Å²) in [5.74, 6) is 1.23. The Balaban J connectivity index is 1.60. The molecule has 0 amide bonds. The Kier molecular flexibility index (Phi) is 3.86. The van der Waals surface area contributed by atoms with E-state index >= 15 is 0 Å². The minimum atomic E-state index is -0.216. The topological polar surface area (TPSA) is 55.6 Å². The molecule has 0 spiro atoms. The zero-order chi connectivity index (χ0) is 14.5. The average Bonchev–Trinajstić information content (AvgIpc) is 3.04. The van der Waals surface area contributed by atoms with Crippen molar-refractivity contribution in [1.82, 2.24) is 19.7 Å². The van der Waals surface area contributed by atoms with E-state index in [-0.39, 0.29) is 5.82 Å². The molecule has 0 aliphatic rings. The molecule has 0 aliphatic carbocycles. The fourth-order valence-corrected chi connectivity index (χ4v) is 1.96. The van der Waals surface area contributed by atoms with E-state index in [1.54, 1.807) is 23.0 Å². The van der Waals surface area contributed by atoms with Crippen molar-refractivity contribution < 1.29 is 4.39 Å². The highest BCUT2D eigenvalue weighted by atomic mass is 19.1. The van der Waals surface area contributed by atoms with Crippen molar-refractivity contribution in [3.63, 3.8) is 0 Å². The van der Waals surface area contributed by atoms with E-state index < -0.39 is 0 Å². The Morgan fingerprint density at radius 1 is 1.14 bits per heavy atom. The summed E-state index contributed by atoms with van der Waals surface area (Å²) in [7, 11) is 0. The molecule has 0 bridgehead atoms. The zero-order valence-electron chi connectivity index (χ0n) is 11.3. The molecule has 21 heavy (non-hydrogen) atoms. The van der Waals surface area contributed by atoms with Gasteiger partial charge in [0.15, 0.2) is 5.82 Å². The molecule has 5 nitrogen and oxygen atoms in total. The first-order valence-corrected chi connectivity index (χ1v) is 6.62. The van der Waals surface area contributed by atoms with E-state index in [9.17, 15) is 4.39 Å². The van der Waals surface area contributed by atoms with Crippen LogP contribution in [0.2, 0.25) is 0 Å². The van der Waals surface area contributed by atoms with Crippen LogP contribution in [-0.4, -0.2) is 26.3 Å². The van der Waals surface area contributed by atoms with E-state index in [1.807, 2.05) is 18.3 Å². The average molecular weight is 283 g/mol. The van der Waals surface area contributed by atoms with E-state index in [4.69, 9.17) is 0 Å². The number of nitrogens with one attached hydrogen (secondary N) is 1. The van der Waals surface area contributed by atoms with Crippen molar-refractivity contribution in [3.05, 3.63) is 66.5 Å². The van der Waals surface area contributed by atoms with Gasteiger partial charge in [-0.25, -0.2) is 19.0 Å². The van der Waals surface area contributed by atoms with Crippen LogP contribution in [0.1, 0.15) is 5.56 Å². The second kappa shape index (κ2) is 6.13. The van der Waals surface area contributed by atoms with Crippen LogP contribution in [0, 0.1) is 5.82 Å². The van der Waals surface area contributed by atoms with Crippen molar-refractivity contribution in [2.45, 2.75) is 6.42 Å². The third kappa shape index (κ3) is 3.42. The van der Waals surface area contributed by atoms with Gasteiger partial charge in [-0.15, -0.1) is 0 Å². The summed E-state index contributed by atoms with van der Waals surface area (Å²) < 4.78 is 14.5. The number of hydrogen-bond donors (Lipinski definition) is 1. The largest absolute Gasteiger partial charge is 0.370 e. The van der Waals surface area contributed by atoms with Crippen molar-refractivity contribution >= 4 is 5.82 Å². The lowest BCUT2D eigenvalue weighted by molar-refractivity contribution is 0.627. The minimum absolute atomic E-state index is 0.216. The molecule has 0 saturated carbocycles. The Morgan fingerprint density at radius 2 is 2.00 bits per heavy atom. The molecule has 0 unspecified atom stereocenters. The van der Waals surface area contributed by atoms with Crippen LogP contribution < -0.4 is 5.32 Å². The summed E-state index contributed by atoms with van der Waals surface area (Å²) in [6.45, 7) is 0.710. The van der Waals surface area contributed by atoms with E-state index in [2.05, 4.69) is 20.4 Å². The Hall–Kier alpha value is -2.76. The second-order valence-electron chi connectivity index (χ2n) is 4.52. The number of halogens is 1. The van der Waals surface area contributed by atoms with Gasteiger partial charge in [-0.2, -0.15) is 5.10 Å². The number of anilines is 1. The fraction of sp³-hybridized carbons (Fsp3) is 0.133. The zero-order valence-corrected chi connectivity index (χ0v) is 11.3. The van der Waals surface area contributed by atoms with E-state index in [0.717, 1.165) is 17.8 Å². The highest BCUT2D eigenvalue weighted by molar-refractivity contribution is 5.40. The third-order valence-electron chi connectivity index (χ3n) is 3.02. The summed E-state index contributed by atoms with van der Waals surface area (Å²) in [5.41, 5.74) is 1.07. The predicted molar refractivity (Wildman–Crippen MR) is 77.7 cm³/mol. The van der Waals surface area contributed by atoms with Gasteiger partial charge in [0.2, 0.25) is 0 Å². The minimum Gasteiger partial charge on any atom is -0.370 e. The Morgan fingerprint density at radius 3 is 2.76 bits per heavy atom. The Labute approximate surface area is 121 Å². The van der Waals surface area contributed by atoms with Gasteiger partial charge in [0.05, 0.1) is 0 Å². The number of rotatable bonds is 5. The van der Waals surface area contributed by atoms with Gasteiger partial charge in [-0.05, 0) is 30.2 Å². The molecular formula is C15H14FN5. The molecule has 3 aromatic rings. The number of benzene rings is 1. The molecule has 2 heterocycles. The summed E-state index contributed by atoms with van der Waals surface area (Å²) in [5, 5.41) is 7.35. The molecule has 3 rings (SSSR count). The van der Waals surface area contributed by atoms with E-state index in [1.165, 1.54) is 18.5 Å². The van der Waals surface area contributed by atoms with E-state index in [0.29, 0.717) is 12.4 Å². The maximum absolute atomic E-state index is 12.8. The highest BCUT2D eigenvalue weighted by Crippen LogP contribution is 2.08. The monoisotopic (exact) mass is 283 g/mol. The maximum Gasteiger partial charge on any atom is 0.158 e. The van der Waals surface area contributed by atoms with Gasteiger partial charge >= 0.3 is 0 Å². The van der Waals surface area contributed by atoms with Gasteiger partial charge in [-0.1, -0.05) is 12.1 Å². The predicted octanol–water partition coefficient (Wildman–Crippen LogP) is 2.46. The molecule has 106 valence electrons. The van der Waals surface area contributed by atoms with Crippen LogP contribution in [0.25, 0.3) is 5.82 Å². The molecule has 6 heteroatoms. The normalized spacial score (nSPS) is 10.5. The maximum atomic E-state index is 12.8. The van der Waals surface area contributed by atoms with Crippen LogP contribution in [0.5, 0.6) is 0 Å². The standard InChI is InChI=1S/C15H14FN5/c16-13-4-2-12(3-5-13)6-8-17-14-10-15(19-11-18-14)21-9-1-7-20-21/h1-5,7,9-11H,6,8H2,(H,17,18,19). The first kappa shape index (κ1) is 13.2. The quantitative estimate of drug-likeness (QED) is 0.781. The molecule has 0 aliphatic heterocycles. The second-order valence-corrected chi connectivity index (χ2v) is 4.52. The summed E-state index contributed by atoms with van der Waals surface area (Å²) in [4.78, 5) is 8.34. The lowest BCUT2D eigenvalue weighted by Gasteiger charge is -2.07. The molecule has 0 atom stereocenters. The highest BCUT2D eigenvalue weighted by Gasteiger charge is 2.01. The summed E-state index contributed by atoms with van der Waals surface area (Å²) in [6, 6.07) is 10.2. The smallest absolute Gasteiger partial charge is 0.158 e. The molecule has 0 fully saturated rings. The number of aromatic nitrogens is 4. The van der Waals surface area contributed by atoms with Crippen LogP contribution in [0.3, 0.4) is 0 Å². The van der Waals surface area contributed by atoms with Gasteiger partial charge < -0.3 is 5.32 Å². The Bertz CT molecular complexity index is 694. The summed E-state index contributed by atoms with van der Waals surface area (Å²) in [6.07, 6.45) is 5.81. The molecular weight excluding hydrogens is 269 g/mol. The SMILES string of the molecule is Fc1ccc(CCNc2cc(-n3cccn3)ncn2)cc1.